The molecule has 138 valence electrons. The van der Waals surface area contributed by atoms with E-state index in [9.17, 15) is 4.79 Å². The average molecular weight is 413 g/mol. The number of carbonyl (C=O) groups excluding carboxylic acids is 1. The van der Waals surface area contributed by atoms with Gasteiger partial charge in [0.25, 0.3) is 0 Å². The zero-order valence-electron chi connectivity index (χ0n) is 14.0. The number of urea groups is 1. The third-order valence-corrected chi connectivity index (χ3v) is 5.21. The Labute approximate surface area is 166 Å². The molecule has 0 saturated heterocycles. The van der Waals surface area contributed by atoms with Crippen molar-refractivity contribution in [2.24, 2.45) is 0 Å². The Bertz CT molecular complexity index is 810. The molecular weight excluding hydrogens is 395 g/mol. The first-order valence-corrected chi connectivity index (χ1v) is 9.60. The molecule has 2 amide bonds. The number of rotatable bonds is 6. The minimum absolute atomic E-state index is 0.194. The third-order valence-electron chi connectivity index (χ3n) is 3.71. The number of carbonyl (C=O) groups is 1. The molecule has 5 nitrogen and oxygen atoms in total. The van der Waals surface area contributed by atoms with Gasteiger partial charge in [0.15, 0.2) is 11.5 Å². The molecule has 0 saturated carbocycles. The van der Waals surface area contributed by atoms with Crippen molar-refractivity contribution in [2.75, 3.05) is 19.8 Å². The van der Waals surface area contributed by atoms with Gasteiger partial charge in [-0.3, -0.25) is 0 Å². The Kier molecular flexibility index (Phi) is 6.29. The van der Waals surface area contributed by atoms with Crippen LogP contribution in [-0.4, -0.2) is 30.7 Å². The lowest BCUT2D eigenvalue weighted by Crippen LogP contribution is -2.39. The first-order valence-electron chi connectivity index (χ1n) is 8.02. The molecule has 0 unspecified atom stereocenters. The Morgan fingerprint density at radius 1 is 1.31 bits per heavy atom. The molecule has 0 fully saturated rings. The molecule has 1 aromatic carbocycles. The maximum absolute atomic E-state index is 12.5. The molecular formula is C18H18Cl2N2O3S. The molecule has 0 spiro atoms. The Morgan fingerprint density at radius 2 is 2.12 bits per heavy atom. The lowest BCUT2D eigenvalue weighted by molar-refractivity contribution is 0.171. The first-order chi connectivity index (χ1) is 12.6. The SMILES string of the molecule is C=CCN(Cc1ccc(Cl)s1)C(=O)NCc1cc(Cl)c2c(c1)OCCO2. The van der Waals surface area contributed by atoms with Crippen LogP contribution in [0.4, 0.5) is 4.79 Å². The van der Waals surface area contributed by atoms with Crippen LogP contribution in [0, 0.1) is 0 Å². The summed E-state index contributed by atoms with van der Waals surface area (Å²) < 4.78 is 11.8. The number of hydrogen-bond acceptors (Lipinski definition) is 4. The summed E-state index contributed by atoms with van der Waals surface area (Å²) in [5.74, 6) is 1.15. The summed E-state index contributed by atoms with van der Waals surface area (Å²) in [5, 5.41) is 3.38. The van der Waals surface area contributed by atoms with Crippen LogP contribution in [0.3, 0.4) is 0 Å². The van der Waals surface area contributed by atoms with Gasteiger partial charge in [-0.1, -0.05) is 29.3 Å². The number of nitrogens with one attached hydrogen (secondary N) is 1. The number of benzene rings is 1. The highest BCUT2D eigenvalue weighted by Crippen LogP contribution is 2.38. The number of thiophene rings is 1. The molecule has 1 aliphatic rings. The zero-order valence-corrected chi connectivity index (χ0v) is 16.3. The summed E-state index contributed by atoms with van der Waals surface area (Å²) >= 11 is 13.6. The average Bonchev–Trinajstić information content (AvgIpc) is 3.04. The number of amides is 2. The fourth-order valence-corrected chi connectivity index (χ4v) is 3.95. The molecule has 0 aliphatic carbocycles. The second-order valence-electron chi connectivity index (χ2n) is 5.64. The Balaban J connectivity index is 1.64. The molecule has 1 aromatic heterocycles. The zero-order chi connectivity index (χ0) is 18.5. The maximum atomic E-state index is 12.5. The van der Waals surface area contributed by atoms with Crippen molar-refractivity contribution in [3.05, 3.63) is 56.7 Å². The van der Waals surface area contributed by atoms with Gasteiger partial charge in [0.1, 0.15) is 13.2 Å². The fraction of sp³-hybridized carbons (Fsp3) is 0.278. The van der Waals surface area contributed by atoms with E-state index in [1.807, 2.05) is 18.2 Å². The van der Waals surface area contributed by atoms with Gasteiger partial charge in [0.05, 0.1) is 15.9 Å². The summed E-state index contributed by atoms with van der Waals surface area (Å²) in [6.45, 7) is 5.91. The van der Waals surface area contributed by atoms with Gasteiger partial charge in [-0.15, -0.1) is 17.9 Å². The van der Waals surface area contributed by atoms with Gasteiger partial charge in [-0.25, -0.2) is 4.79 Å². The molecule has 1 N–H and O–H groups in total. The molecule has 0 atom stereocenters. The number of fused-ring (bicyclic) bond motifs is 1. The van der Waals surface area contributed by atoms with Crippen LogP contribution >= 0.6 is 34.5 Å². The molecule has 3 rings (SSSR count). The highest BCUT2D eigenvalue weighted by molar-refractivity contribution is 7.16. The molecule has 1 aliphatic heterocycles. The monoisotopic (exact) mass is 412 g/mol. The van der Waals surface area contributed by atoms with E-state index >= 15 is 0 Å². The van der Waals surface area contributed by atoms with Crippen molar-refractivity contribution in [1.29, 1.82) is 0 Å². The topological polar surface area (TPSA) is 50.8 Å². The van der Waals surface area contributed by atoms with E-state index in [1.165, 1.54) is 11.3 Å². The number of hydrogen-bond donors (Lipinski definition) is 1. The van der Waals surface area contributed by atoms with Gasteiger partial charge in [0, 0.05) is 18.0 Å². The standard InChI is InChI=1S/C18H18Cl2N2O3S/c1-2-5-22(11-13-3-4-16(20)26-13)18(23)21-10-12-8-14(19)17-15(9-12)24-6-7-25-17/h2-4,8-9H,1,5-7,10-11H2,(H,21,23). The molecule has 8 heteroatoms. The van der Waals surface area contributed by atoms with Crippen LogP contribution in [0.1, 0.15) is 10.4 Å². The summed E-state index contributed by atoms with van der Waals surface area (Å²) in [5.41, 5.74) is 0.838. The summed E-state index contributed by atoms with van der Waals surface area (Å²) in [7, 11) is 0. The normalized spacial score (nSPS) is 12.5. The molecule has 0 radical (unpaired) electrons. The fourth-order valence-electron chi connectivity index (χ4n) is 2.56. The van der Waals surface area contributed by atoms with Crippen molar-refractivity contribution >= 4 is 40.6 Å². The van der Waals surface area contributed by atoms with Crippen molar-refractivity contribution in [2.45, 2.75) is 13.1 Å². The lowest BCUT2D eigenvalue weighted by atomic mass is 10.2. The lowest BCUT2D eigenvalue weighted by Gasteiger charge is -2.22. The first kappa shape index (κ1) is 18.9. The number of halogens is 2. The molecule has 2 aromatic rings. The van der Waals surface area contributed by atoms with E-state index in [1.54, 1.807) is 17.0 Å². The second kappa shape index (κ2) is 8.66. The van der Waals surface area contributed by atoms with E-state index in [-0.39, 0.29) is 6.03 Å². The smallest absolute Gasteiger partial charge is 0.318 e. The molecule has 2 heterocycles. The predicted molar refractivity (Wildman–Crippen MR) is 105 cm³/mol. The van der Waals surface area contributed by atoms with Gasteiger partial charge in [0.2, 0.25) is 0 Å². The number of ether oxygens (including phenoxy) is 2. The predicted octanol–water partition coefficient (Wildman–Crippen LogP) is 4.72. The van der Waals surface area contributed by atoms with Crippen LogP contribution in [0.2, 0.25) is 9.36 Å². The van der Waals surface area contributed by atoms with Crippen molar-refractivity contribution in [3.63, 3.8) is 0 Å². The maximum Gasteiger partial charge on any atom is 0.318 e. The van der Waals surface area contributed by atoms with Crippen molar-refractivity contribution in [3.8, 4) is 11.5 Å². The van der Waals surface area contributed by atoms with E-state index in [0.717, 1.165) is 10.4 Å². The van der Waals surface area contributed by atoms with E-state index in [2.05, 4.69) is 11.9 Å². The minimum atomic E-state index is -0.194. The van der Waals surface area contributed by atoms with Crippen LogP contribution in [0.15, 0.2) is 36.9 Å². The summed E-state index contributed by atoms with van der Waals surface area (Å²) in [6.07, 6.45) is 1.69. The van der Waals surface area contributed by atoms with Gasteiger partial charge in [-0.2, -0.15) is 0 Å². The number of nitrogens with zero attached hydrogens (tertiary/aromatic N) is 1. The van der Waals surface area contributed by atoms with Crippen LogP contribution in [-0.2, 0) is 13.1 Å². The largest absolute Gasteiger partial charge is 0.486 e. The van der Waals surface area contributed by atoms with Crippen LogP contribution in [0.25, 0.3) is 0 Å². The van der Waals surface area contributed by atoms with Crippen molar-refractivity contribution < 1.29 is 14.3 Å². The van der Waals surface area contributed by atoms with Crippen LogP contribution < -0.4 is 14.8 Å². The van der Waals surface area contributed by atoms with Crippen LogP contribution in [0.5, 0.6) is 11.5 Å². The summed E-state index contributed by atoms with van der Waals surface area (Å²) in [6, 6.07) is 7.14. The van der Waals surface area contributed by atoms with Crippen molar-refractivity contribution in [1.82, 2.24) is 10.2 Å². The third kappa shape index (κ3) is 4.63. The van der Waals surface area contributed by atoms with Gasteiger partial charge >= 0.3 is 6.03 Å². The highest BCUT2D eigenvalue weighted by Gasteiger charge is 2.18. The van der Waals surface area contributed by atoms with E-state index in [0.29, 0.717) is 53.7 Å². The minimum Gasteiger partial charge on any atom is -0.486 e. The Hall–Kier alpha value is -1.89. The Morgan fingerprint density at radius 3 is 2.85 bits per heavy atom. The van der Waals surface area contributed by atoms with Gasteiger partial charge in [-0.05, 0) is 29.8 Å². The molecule has 0 bridgehead atoms. The summed E-state index contributed by atoms with van der Waals surface area (Å²) in [4.78, 5) is 15.2. The van der Waals surface area contributed by atoms with E-state index in [4.69, 9.17) is 32.7 Å². The highest BCUT2D eigenvalue weighted by atomic mass is 35.5. The molecule has 26 heavy (non-hydrogen) atoms. The quantitative estimate of drug-likeness (QED) is 0.697. The second-order valence-corrected chi connectivity index (χ2v) is 7.84. The van der Waals surface area contributed by atoms with E-state index < -0.39 is 0 Å². The van der Waals surface area contributed by atoms with Gasteiger partial charge < -0.3 is 19.7 Å².